The molecule has 1 fully saturated rings. The zero-order chi connectivity index (χ0) is 13.1. The normalized spacial score (nSPS) is 19.9. The molecule has 2 aromatic rings. The number of fused-ring (bicyclic) bond motifs is 1. The van der Waals surface area contributed by atoms with Crippen LogP contribution in [-0.2, 0) is 13.0 Å². The Morgan fingerprint density at radius 1 is 1.32 bits per heavy atom. The Bertz CT molecular complexity index is 538. The van der Waals surface area contributed by atoms with Crippen molar-refractivity contribution in [3.63, 3.8) is 0 Å². The van der Waals surface area contributed by atoms with Crippen molar-refractivity contribution in [3.8, 4) is 0 Å². The molecule has 1 aliphatic rings. The van der Waals surface area contributed by atoms with E-state index in [0.29, 0.717) is 6.04 Å². The van der Waals surface area contributed by atoms with Gasteiger partial charge in [0.1, 0.15) is 5.82 Å². The van der Waals surface area contributed by atoms with Gasteiger partial charge in [-0.3, -0.25) is 0 Å². The first kappa shape index (κ1) is 12.7. The second-order valence-electron chi connectivity index (χ2n) is 5.52. The van der Waals surface area contributed by atoms with Crippen LogP contribution in [0.15, 0.2) is 24.3 Å². The first-order chi connectivity index (χ1) is 9.38. The van der Waals surface area contributed by atoms with Crippen LogP contribution in [-0.4, -0.2) is 22.1 Å². The lowest BCUT2D eigenvalue weighted by Gasteiger charge is -2.23. The lowest BCUT2D eigenvalue weighted by atomic mass is 10.0. The van der Waals surface area contributed by atoms with E-state index < -0.39 is 0 Å². The maximum atomic E-state index is 4.85. The minimum atomic E-state index is 0.612. The van der Waals surface area contributed by atoms with Gasteiger partial charge in [0.25, 0.3) is 0 Å². The third-order valence-electron chi connectivity index (χ3n) is 4.02. The van der Waals surface area contributed by atoms with E-state index in [-0.39, 0.29) is 0 Å². The van der Waals surface area contributed by atoms with Crippen molar-refractivity contribution in [2.24, 2.45) is 0 Å². The number of para-hydroxylation sites is 2. The van der Waals surface area contributed by atoms with Crippen LogP contribution < -0.4 is 5.32 Å². The highest BCUT2D eigenvalue weighted by atomic mass is 15.1. The van der Waals surface area contributed by atoms with Crippen LogP contribution in [0.4, 0.5) is 0 Å². The fraction of sp³-hybridized carbons (Fsp3) is 0.562. The van der Waals surface area contributed by atoms with Crippen LogP contribution in [0, 0.1) is 0 Å². The van der Waals surface area contributed by atoms with Gasteiger partial charge in [0.2, 0.25) is 0 Å². The zero-order valence-electron chi connectivity index (χ0n) is 11.7. The SMILES string of the molecule is CCCn1c(CC2CCCCN2)nc2ccccc21. The largest absolute Gasteiger partial charge is 0.328 e. The van der Waals surface area contributed by atoms with Gasteiger partial charge in [0.15, 0.2) is 0 Å². The average molecular weight is 257 g/mol. The van der Waals surface area contributed by atoms with Crippen LogP contribution >= 0.6 is 0 Å². The molecule has 102 valence electrons. The molecule has 0 radical (unpaired) electrons. The van der Waals surface area contributed by atoms with Gasteiger partial charge in [0.05, 0.1) is 11.0 Å². The molecule has 1 aliphatic heterocycles. The van der Waals surface area contributed by atoms with Gasteiger partial charge in [-0.25, -0.2) is 4.98 Å². The van der Waals surface area contributed by atoms with E-state index in [1.165, 1.54) is 37.1 Å². The van der Waals surface area contributed by atoms with Crippen LogP contribution in [0.3, 0.4) is 0 Å². The summed E-state index contributed by atoms with van der Waals surface area (Å²) in [5, 5.41) is 3.63. The smallest absolute Gasteiger partial charge is 0.111 e. The Balaban J connectivity index is 1.90. The van der Waals surface area contributed by atoms with Crippen molar-refractivity contribution in [1.82, 2.24) is 14.9 Å². The van der Waals surface area contributed by atoms with Crippen LogP contribution in [0.2, 0.25) is 0 Å². The lowest BCUT2D eigenvalue weighted by Crippen LogP contribution is -2.36. The number of rotatable bonds is 4. The standard InChI is InChI=1S/C16H23N3/c1-2-11-19-15-9-4-3-8-14(15)18-16(19)12-13-7-5-6-10-17-13/h3-4,8-9,13,17H,2,5-7,10-12H2,1H3. The summed E-state index contributed by atoms with van der Waals surface area (Å²) in [5.41, 5.74) is 2.43. The minimum absolute atomic E-state index is 0.612. The molecule has 1 unspecified atom stereocenters. The van der Waals surface area contributed by atoms with E-state index in [9.17, 15) is 0 Å². The maximum Gasteiger partial charge on any atom is 0.111 e. The molecule has 1 N–H and O–H groups in total. The molecule has 3 heteroatoms. The number of aromatic nitrogens is 2. The predicted octanol–water partition coefficient (Wildman–Crippen LogP) is 3.13. The minimum Gasteiger partial charge on any atom is -0.328 e. The number of nitrogens with zero attached hydrogens (tertiary/aromatic N) is 2. The molecule has 0 spiro atoms. The second kappa shape index (κ2) is 5.74. The van der Waals surface area contributed by atoms with Gasteiger partial charge in [-0.05, 0) is 37.9 Å². The van der Waals surface area contributed by atoms with Crippen LogP contribution in [0.25, 0.3) is 11.0 Å². The van der Waals surface area contributed by atoms with Gasteiger partial charge >= 0.3 is 0 Å². The van der Waals surface area contributed by atoms with Crippen molar-refractivity contribution in [3.05, 3.63) is 30.1 Å². The molecule has 3 rings (SSSR count). The summed E-state index contributed by atoms with van der Waals surface area (Å²) in [6, 6.07) is 9.11. The van der Waals surface area contributed by atoms with Crippen molar-refractivity contribution >= 4 is 11.0 Å². The summed E-state index contributed by atoms with van der Waals surface area (Å²) in [4.78, 5) is 4.85. The van der Waals surface area contributed by atoms with Crippen molar-refractivity contribution in [2.75, 3.05) is 6.54 Å². The molecule has 0 saturated carbocycles. The maximum absolute atomic E-state index is 4.85. The van der Waals surface area contributed by atoms with E-state index in [1.807, 2.05) is 0 Å². The Hall–Kier alpha value is -1.35. The summed E-state index contributed by atoms with van der Waals surface area (Å²) in [5.74, 6) is 1.25. The summed E-state index contributed by atoms with van der Waals surface area (Å²) >= 11 is 0. The van der Waals surface area contributed by atoms with Crippen molar-refractivity contribution in [1.29, 1.82) is 0 Å². The first-order valence-electron chi connectivity index (χ1n) is 7.56. The van der Waals surface area contributed by atoms with Crippen LogP contribution in [0.1, 0.15) is 38.4 Å². The van der Waals surface area contributed by atoms with E-state index in [0.717, 1.165) is 24.9 Å². The second-order valence-corrected chi connectivity index (χ2v) is 5.52. The average Bonchev–Trinajstić information content (AvgIpc) is 2.79. The summed E-state index contributed by atoms with van der Waals surface area (Å²) < 4.78 is 2.41. The third kappa shape index (κ3) is 2.66. The van der Waals surface area contributed by atoms with E-state index >= 15 is 0 Å². The van der Waals surface area contributed by atoms with Crippen molar-refractivity contribution in [2.45, 2.75) is 51.6 Å². The highest BCUT2D eigenvalue weighted by Gasteiger charge is 2.17. The molecule has 1 aromatic carbocycles. The van der Waals surface area contributed by atoms with E-state index in [1.54, 1.807) is 0 Å². The zero-order valence-corrected chi connectivity index (χ0v) is 11.7. The van der Waals surface area contributed by atoms with Gasteiger partial charge in [-0.2, -0.15) is 0 Å². The summed E-state index contributed by atoms with van der Waals surface area (Å²) in [7, 11) is 0. The lowest BCUT2D eigenvalue weighted by molar-refractivity contribution is 0.390. The number of hydrogen-bond acceptors (Lipinski definition) is 2. The topological polar surface area (TPSA) is 29.9 Å². The number of hydrogen-bond donors (Lipinski definition) is 1. The predicted molar refractivity (Wildman–Crippen MR) is 79.4 cm³/mol. The molecule has 0 bridgehead atoms. The molecular weight excluding hydrogens is 234 g/mol. The van der Waals surface area contributed by atoms with Gasteiger partial charge in [-0.15, -0.1) is 0 Å². The number of benzene rings is 1. The number of aryl methyl sites for hydroxylation is 1. The Morgan fingerprint density at radius 3 is 3.00 bits per heavy atom. The van der Waals surface area contributed by atoms with Gasteiger partial charge < -0.3 is 9.88 Å². The first-order valence-corrected chi connectivity index (χ1v) is 7.56. The Labute approximate surface area is 115 Å². The van der Waals surface area contributed by atoms with Crippen LogP contribution in [0.5, 0.6) is 0 Å². The number of imidazole rings is 1. The van der Waals surface area contributed by atoms with Gasteiger partial charge in [-0.1, -0.05) is 25.5 Å². The molecule has 3 nitrogen and oxygen atoms in total. The highest BCUT2D eigenvalue weighted by Crippen LogP contribution is 2.19. The van der Waals surface area contributed by atoms with Crippen molar-refractivity contribution < 1.29 is 0 Å². The fourth-order valence-electron chi connectivity index (χ4n) is 3.07. The monoisotopic (exact) mass is 257 g/mol. The number of piperidine rings is 1. The Morgan fingerprint density at radius 2 is 2.21 bits per heavy atom. The molecule has 1 atom stereocenters. The Kier molecular flexibility index (Phi) is 3.83. The third-order valence-corrected chi connectivity index (χ3v) is 4.02. The molecule has 0 amide bonds. The van der Waals surface area contributed by atoms with E-state index in [4.69, 9.17) is 4.98 Å². The molecule has 0 aliphatic carbocycles. The highest BCUT2D eigenvalue weighted by molar-refractivity contribution is 5.75. The molecule has 1 aromatic heterocycles. The molecule has 19 heavy (non-hydrogen) atoms. The molecule has 2 heterocycles. The quantitative estimate of drug-likeness (QED) is 0.912. The fourth-order valence-corrected chi connectivity index (χ4v) is 3.07. The summed E-state index contributed by atoms with van der Waals surface area (Å²) in [6.45, 7) is 4.47. The number of nitrogens with one attached hydrogen (secondary N) is 1. The molecule has 1 saturated heterocycles. The van der Waals surface area contributed by atoms with Gasteiger partial charge in [0, 0.05) is 19.0 Å². The molecular formula is C16H23N3. The van der Waals surface area contributed by atoms with E-state index in [2.05, 4.69) is 41.1 Å². The summed E-state index contributed by atoms with van der Waals surface area (Å²) in [6.07, 6.45) is 6.18.